The SMILES string of the molecule is COc1cc(OC)c2[nH]c3c(OC)cc(OC)c(OC)c3c2c1. The molecular formula is C17H19NO5. The van der Waals surface area contributed by atoms with Crippen LogP contribution >= 0.6 is 0 Å². The average molecular weight is 317 g/mol. The van der Waals surface area contributed by atoms with E-state index in [2.05, 4.69) is 4.98 Å². The molecule has 0 bridgehead atoms. The van der Waals surface area contributed by atoms with Crippen LogP contribution in [0.3, 0.4) is 0 Å². The lowest BCUT2D eigenvalue weighted by molar-refractivity contribution is 0.354. The van der Waals surface area contributed by atoms with Crippen LogP contribution in [-0.4, -0.2) is 40.5 Å². The molecule has 23 heavy (non-hydrogen) atoms. The largest absolute Gasteiger partial charge is 0.497 e. The number of aromatic nitrogens is 1. The first-order valence-corrected chi connectivity index (χ1v) is 7.04. The molecule has 0 unspecified atom stereocenters. The second-order valence-corrected chi connectivity index (χ2v) is 4.94. The van der Waals surface area contributed by atoms with E-state index in [9.17, 15) is 0 Å². The number of ether oxygens (including phenoxy) is 5. The Morgan fingerprint density at radius 1 is 0.652 bits per heavy atom. The molecule has 1 N–H and O–H groups in total. The fourth-order valence-corrected chi connectivity index (χ4v) is 2.83. The summed E-state index contributed by atoms with van der Waals surface area (Å²) in [6.07, 6.45) is 0. The van der Waals surface area contributed by atoms with Crippen molar-refractivity contribution in [3.63, 3.8) is 0 Å². The summed E-state index contributed by atoms with van der Waals surface area (Å²) in [7, 11) is 8.06. The summed E-state index contributed by atoms with van der Waals surface area (Å²) in [6, 6.07) is 5.55. The zero-order valence-electron chi connectivity index (χ0n) is 13.8. The molecule has 0 aliphatic heterocycles. The van der Waals surface area contributed by atoms with Gasteiger partial charge in [0.2, 0.25) is 0 Å². The minimum absolute atomic E-state index is 0.597. The molecule has 0 amide bonds. The van der Waals surface area contributed by atoms with Gasteiger partial charge in [-0.2, -0.15) is 0 Å². The smallest absolute Gasteiger partial charge is 0.170 e. The van der Waals surface area contributed by atoms with Gasteiger partial charge in [0.25, 0.3) is 0 Å². The van der Waals surface area contributed by atoms with Gasteiger partial charge < -0.3 is 28.7 Å². The lowest BCUT2D eigenvalue weighted by Gasteiger charge is -2.12. The van der Waals surface area contributed by atoms with Crippen molar-refractivity contribution in [2.24, 2.45) is 0 Å². The van der Waals surface area contributed by atoms with Crippen molar-refractivity contribution < 1.29 is 23.7 Å². The molecule has 0 aliphatic rings. The van der Waals surface area contributed by atoms with E-state index in [1.54, 1.807) is 41.6 Å². The molecule has 2 aromatic carbocycles. The Bertz CT molecular complexity index is 869. The maximum absolute atomic E-state index is 5.58. The van der Waals surface area contributed by atoms with E-state index in [-0.39, 0.29) is 0 Å². The molecule has 6 nitrogen and oxygen atoms in total. The van der Waals surface area contributed by atoms with Crippen LogP contribution in [0.2, 0.25) is 0 Å². The zero-order chi connectivity index (χ0) is 16.6. The highest BCUT2D eigenvalue weighted by atomic mass is 16.5. The third kappa shape index (κ3) is 2.18. The average Bonchev–Trinajstić information content (AvgIpc) is 2.98. The van der Waals surface area contributed by atoms with Crippen molar-refractivity contribution in [1.29, 1.82) is 0 Å². The Morgan fingerprint density at radius 3 is 1.87 bits per heavy atom. The number of methoxy groups -OCH3 is 5. The van der Waals surface area contributed by atoms with Crippen LogP contribution in [0.4, 0.5) is 0 Å². The molecule has 0 radical (unpaired) electrons. The lowest BCUT2D eigenvalue weighted by atomic mass is 10.1. The fraction of sp³-hybridized carbons (Fsp3) is 0.294. The van der Waals surface area contributed by atoms with Crippen LogP contribution in [0.1, 0.15) is 0 Å². The Balaban J connectivity index is 2.54. The number of hydrogen-bond acceptors (Lipinski definition) is 5. The number of nitrogens with one attached hydrogen (secondary N) is 1. The number of hydrogen-bond donors (Lipinski definition) is 1. The molecule has 1 heterocycles. The summed E-state index contributed by atoms with van der Waals surface area (Å²) in [5, 5.41) is 1.76. The first kappa shape index (κ1) is 15.1. The molecule has 3 aromatic rings. The van der Waals surface area contributed by atoms with Gasteiger partial charge in [-0.3, -0.25) is 0 Å². The Kier molecular flexibility index (Phi) is 3.82. The van der Waals surface area contributed by atoms with Crippen LogP contribution in [0.5, 0.6) is 28.7 Å². The van der Waals surface area contributed by atoms with Crippen molar-refractivity contribution in [2.45, 2.75) is 0 Å². The van der Waals surface area contributed by atoms with Crippen LogP contribution < -0.4 is 23.7 Å². The number of benzene rings is 2. The highest BCUT2D eigenvalue weighted by Gasteiger charge is 2.21. The van der Waals surface area contributed by atoms with Crippen molar-refractivity contribution >= 4 is 21.8 Å². The Morgan fingerprint density at radius 2 is 1.30 bits per heavy atom. The van der Waals surface area contributed by atoms with E-state index in [0.717, 1.165) is 21.8 Å². The monoisotopic (exact) mass is 317 g/mol. The predicted molar refractivity (Wildman–Crippen MR) is 88.6 cm³/mol. The van der Waals surface area contributed by atoms with E-state index in [0.29, 0.717) is 28.7 Å². The van der Waals surface area contributed by atoms with E-state index < -0.39 is 0 Å². The van der Waals surface area contributed by atoms with Crippen LogP contribution in [-0.2, 0) is 0 Å². The molecule has 122 valence electrons. The standard InChI is InChI=1S/C17H19NO5/c1-19-9-6-10-14-16(18-15(10)11(7-9)20-2)12(21-3)8-13(22-4)17(14)23-5/h6-8,18H,1-5H3. The van der Waals surface area contributed by atoms with Gasteiger partial charge in [0.1, 0.15) is 17.2 Å². The molecule has 0 spiro atoms. The van der Waals surface area contributed by atoms with Gasteiger partial charge in [-0.25, -0.2) is 0 Å². The van der Waals surface area contributed by atoms with Gasteiger partial charge in [0, 0.05) is 17.5 Å². The quantitative estimate of drug-likeness (QED) is 0.782. The van der Waals surface area contributed by atoms with Crippen LogP contribution in [0, 0.1) is 0 Å². The van der Waals surface area contributed by atoms with Gasteiger partial charge in [-0.1, -0.05) is 0 Å². The van der Waals surface area contributed by atoms with Crippen molar-refractivity contribution in [3.8, 4) is 28.7 Å². The van der Waals surface area contributed by atoms with Gasteiger partial charge in [-0.05, 0) is 6.07 Å². The number of H-pyrrole nitrogens is 1. The number of rotatable bonds is 5. The van der Waals surface area contributed by atoms with Crippen LogP contribution in [0.25, 0.3) is 21.8 Å². The van der Waals surface area contributed by atoms with Crippen LogP contribution in [0.15, 0.2) is 18.2 Å². The maximum atomic E-state index is 5.58. The second kappa shape index (κ2) is 5.79. The lowest BCUT2D eigenvalue weighted by Crippen LogP contribution is -1.93. The maximum Gasteiger partial charge on any atom is 0.170 e. The molecule has 0 aliphatic carbocycles. The van der Waals surface area contributed by atoms with Crippen molar-refractivity contribution in [3.05, 3.63) is 18.2 Å². The van der Waals surface area contributed by atoms with E-state index in [1.807, 2.05) is 12.1 Å². The zero-order valence-corrected chi connectivity index (χ0v) is 13.8. The topological polar surface area (TPSA) is 61.9 Å². The van der Waals surface area contributed by atoms with Gasteiger partial charge in [0.15, 0.2) is 11.5 Å². The summed E-state index contributed by atoms with van der Waals surface area (Å²) in [5.41, 5.74) is 1.65. The molecule has 3 rings (SSSR count). The molecule has 1 aromatic heterocycles. The summed E-state index contributed by atoms with van der Waals surface area (Å²) >= 11 is 0. The summed E-state index contributed by atoms with van der Waals surface area (Å²) in [4.78, 5) is 3.35. The molecule has 0 saturated carbocycles. The molecular weight excluding hydrogens is 298 g/mol. The summed E-state index contributed by atoms with van der Waals surface area (Å²) < 4.78 is 27.4. The summed E-state index contributed by atoms with van der Waals surface area (Å²) in [5.74, 6) is 3.26. The van der Waals surface area contributed by atoms with Gasteiger partial charge in [-0.15, -0.1) is 0 Å². The minimum Gasteiger partial charge on any atom is -0.497 e. The van der Waals surface area contributed by atoms with E-state index in [1.165, 1.54) is 0 Å². The normalized spacial score (nSPS) is 10.8. The predicted octanol–water partition coefficient (Wildman–Crippen LogP) is 3.36. The number of aromatic amines is 1. The third-order valence-corrected chi connectivity index (χ3v) is 3.90. The van der Waals surface area contributed by atoms with Crippen molar-refractivity contribution in [2.75, 3.05) is 35.5 Å². The first-order chi connectivity index (χ1) is 11.2. The third-order valence-electron chi connectivity index (χ3n) is 3.90. The second-order valence-electron chi connectivity index (χ2n) is 4.94. The first-order valence-electron chi connectivity index (χ1n) is 7.04. The summed E-state index contributed by atoms with van der Waals surface area (Å²) in [6.45, 7) is 0. The highest BCUT2D eigenvalue weighted by molar-refractivity contribution is 6.15. The highest BCUT2D eigenvalue weighted by Crippen LogP contribution is 2.47. The van der Waals surface area contributed by atoms with E-state index in [4.69, 9.17) is 23.7 Å². The molecule has 6 heteroatoms. The fourth-order valence-electron chi connectivity index (χ4n) is 2.83. The number of fused-ring (bicyclic) bond motifs is 3. The van der Waals surface area contributed by atoms with Crippen molar-refractivity contribution in [1.82, 2.24) is 4.98 Å². The Hall–Kier alpha value is -2.76. The van der Waals surface area contributed by atoms with Gasteiger partial charge >= 0.3 is 0 Å². The molecule has 0 atom stereocenters. The Labute approximate surface area is 133 Å². The van der Waals surface area contributed by atoms with E-state index >= 15 is 0 Å². The minimum atomic E-state index is 0.597. The molecule has 0 fully saturated rings. The molecule has 0 saturated heterocycles. The van der Waals surface area contributed by atoms with Gasteiger partial charge in [0.05, 0.1) is 52.0 Å².